The van der Waals surface area contributed by atoms with Gasteiger partial charge in [0.15, 0.2) is 34.0 Å². The molecule has 32 heteroatoms. The van der Waals surface area contributed by atoms with E-state index in [2.05, 4.69) is 15.3 Å². The molecule has 0 aliphatic heterocycles. The topological polar surface area (TPSA) is 298 Å². The van der Waals surface area contributed by atoms with Crippen LogP contribution in [0.4, 0.5) is 17.6 Å². The molecule has 0 spiro atoms. The van der Waals surface area contributed by atoms with Crippen molar-refractivity contribution >= 4 is 113 Å². The number of rotatable bonds is 12. The number of aromatic hydroxyl groups is 3. The molecule has 105 heavy (non-hydrogen) atoms. The Morgan fingerprint density at radius 1 is 0.429 bits per heavy atom. The van der Waals surface area contributed by atoms with Crippen LogP contribution in [-0.2, 0) is 27.3 Å². The molecule has 0 saturated carbocycles. The molecule has 15 aromatic rings. The highest BCUT2D eigenvalue weighted by atomic mass is 35.5. The average Bonchev–Trinajstić information content (AvgIpc) is 1.70. The molecule has 0 unspecified atom stereocenters. The first-order chi connectivity index (χ1) is 50.1. The number of aryl methyl sites for hydroxylation is 6. The molecule has 0 amide bonds. The Kier molecular flexibility index (Phi) is 19.1. The Hall–Kier alpha value is -11.9. The monoisotopic (exact) mass is 1500 g/mol. The summed E-state index contributed by atoms with van der Waals surface area (Å²) in [5.74, 6) is -0.530. The molecule has 0 aliphatic rings. The van der Waals surface area contributed by atoms with Crippen LogP contribution in [0.15, 0.2) is 217 Å². The van der Waals surface area contributed by atoms with Gasteiger partial charge < -0.3 is 42.8 Å². The summed E-state index contributed by atoms with van der Waals surface area (Å²) in [7, 11) is 9.51. The molecule has 9 aromatic heterocycles. The number of methoxy groups -OCH3 is 3. The summed E-state index contributed by atoms with van der Waals surface area (Å²) >= 11 is 8.49. The molecule has 9 heterocycles. The first-order valence-corrected chi connectivity index (χ1v) is 33.9. The molecule has 534 valence electrons. The summed E-state index contributed by atoms with van der Waals surface area (Å²) in [6, 6.07) is 37.0. The molecule has 0 saturated heterocycles. The summed E-state index contributed by atoms with van der Waals surface area (Å²) in [5.41, 5.74) is -1.61. The van der Waals surface area contributed by atoms with Gasteiger partial charge in [-0.1, -0.05) is 77.2 Å². The zero-order valence-electron chi connectivity index (χ0n) is 56.2. The Balaban J connectivity index is 0.000000140. The number of alkyl halides is 3. The lowest BCUT2D eigenvalue weighted by Crippen LogP contribution is -2.22. The van der Waals surface area contributed by atoms with Gasteiger partial charge in [-0.2, -0.15) is 28.5 Å². The fourth-order valence-corrected chi connectivity index (χ4v) is 15.0. The molecule has 0 radical (unpaired) electrons. The SMILES string of the molecule is COc1cccc(-n2c(=O)c3c(O)c(Sc4ccc(F)cc4)c(=O)oc3c3c(C)nn(C)c32)c1.COc1cccc(-n2c(=O)c3c(O)c(Sc4cccc(C(F)(F)F)c4)c(=O)oc3c3c(C)nn(C)c32)c1.COc1cccc(-n2c(=O)c3c(O)c(Sc4cccc(Cl)c4)c(=O)oc3c3c(C)nn(C)c32)c1. The zero-order chi connectivity index (χ0) is 74.9. The minimum Gasteiger partial charge on any atom is -0.505 e. The maximum Gasteiger partial charge on any atom is 0.416 e. The number of halogens is 5. The third-order valence-electron chi connectivity index (χ3n) is 16.7. The van der Waals surface area contributed by atoms with Crippen LogP contribution >= 0.6 is 46.9 Å². The lowest BCUT2D eigenvalue weighted by Gasteiger charge is -2.14. The summed E-state index contributed by atoms with van der Waals surface area (Å²) in [4.78, 5) is 80.6. The number of fused-ring (bicyclic) bond motifs is 9. The molecule has 0 fully saturated rings. The molecule has 6 aromatic carbocycles. The van der Waals surface area contributed by atoms with Crippen molar-refractivity contribution < 1.29 is 60.3 Å². The third kappa shape index (κ3) is 13.0. The largest absolute Gasteiger partial charge is 0.505 e. The summed E-state index contributed by atoms with van der Waals surface area (Å²) in [6.45, 7) is 5.12. The van der Waals surface area contributed by atoms with E-state index in [-0.39, 0.29) is 47.6 Å². The van der Waals surface area contributed by atoms with E-state index in [1.165, 1.54) is 85.5 Å². The van der Waals surface area contributed by atoms with E-state index < -0.39 is 73.3 Å². The summed E-state index contributed by atoms with van der Waals surface area (Å²) in [6.07, 6.45) is -4.60. The van der Waals surface area contributed by atoms with E-state index in [1.807, 2.05) is 0 Å². The molecule has 24 nitrogen and oxygen atoms in total. The van der Waals surface area contributed by atoms with E-state index in [4.69, 9.17) is 39.1 Å². The quantitative estimate of drug-likeness (QED) is 0.0957. The maximum atomic E-state index is 13.8. The molecule has 0 aliphatic carbocycles. The number of hydrogen-bond donors (Lipinski definition) is 3. The summed E-state index contributed by atoms with van der Waals surface area (Å²) in [5, 5.41) is 47.8. The van der Waals surface area contributed by atoms with Crippen molar-refractivity contribution in [2.75, 3.05) is 21.3 Å². The number of nitrogens with zero attached hydrogens (tertiary/aromatic N) is 9. The van der Waals surface area contributed by atoms with E-state index in [9.17, 15) is 61.6 Å². The van der Waals surface area contributed by atoms with Crippen LogP contribution in [0.2, 0.25) is 5.02 Å². The Morgan fingerprint density at radius 3 is 1.09 bits per heavy atom. The lowest BCUT2D eigenvalue weighted by molar-refractivity contribution is -0.137. The van der Waals surface area contributed by atoms with E-state index in [0.29, 0.717) is 111 Å². The normalized spacial score (nSPS) is 11.6. The van der Waals surface area contributed by atoms with Crippen molar-refractivity contribution in [3.05, 3.63) is 241 Å². The van der Waals surface area contributed by atoms with Crippen LogP contribution in [0, 0.1) is 26.6 Å². The minimum atomic E-state index is -4.60. The van der Waals surface area contributed by atoms with Gasteiger partial charge in [-0.3, -0.25) is 42.1 Å². The molecule has 0 atom stereocenters. The van der Waals surface area contributed by atoms with Gasteiger partial charge in [0.2, 0.25) is 0 Å². The first-order valence-electron chi connectivity index (χ1n) is 31.1. The van der Waals surface area contributed by atoms with Gasteiger partial charge in [-0.15, -0.1) is 0 Å². The molecular weight excluding hydrogens is 1450 g/mol. The highest BCUT2D eigenvalue weighted by Gasteiger charge is 2.33. The second-order valence-corrected chi connectivity index (χ2v) is 27.0. The van der Waals surface area contributed by atoms with E-state index in [1.54, 1.807) is 139 Å². The lowest BCUT2D eigenvalue weighted by atomic mass is 10.1. The van der Waals surface area contributed by atoms with Gasteiger partial charge in [-0.25, -0.2) is 18.8 Å². The van der Waals surface area contributed by atoms with Gasteiger partial charge >= 0.3 is 23.1 Å². The van der Waals surface area contributed by atoms with Gasteiger partial charge in [-0.05, 0) is 118 Å². The van der Waals surface area contributed by atoms with Crippen LogP contribution < -0.4 is 47.8 Å². The predicted molar refractivity (Wildman–Crippen MR) is 388 cm³/mol. The second kappa shape index (κ2) is 28.0. The van der Waals surface area contributed by atoms with Crippen molar-refractivity contribution in [3.8, 4) is 51.6 Å². The van der Waals surface area contributed by atoms with Crippen molar-refractivity contribution in [2.45, 2.75) is 56.3 Å². The maximum absolute atomic E-state index is 13.8. The first kappa shape index (κ1) is 71.5. The summed E-state index contributed by atoms with van der Waals surface area (Å²) < 4.78 is 94.1. The van der Waals surface area contributed by atoms with Crippen molar-refractivity contribution in [2.24, 2.45) is 21.1 Å². The fourth-order valence-electron chi connectivity index (χ4n) is 12.1. The van der Waals surface area contributed by atoms with Crippen LogP contribution in [0.3, 0.4) is 0 Å². The van der Waals surface area contributed by atoms with Crippen LogP contribution in [0.1, 0.15) is 22.6 Å². The Bertz CT molecular complexity index is 6480. The Labute approximate surface area is 604 Å². The molecule has 3 N–H and O–H groups in total. The predicted octanol–water partition coefficient (Wildman–Crippen LogP) is 13.8. The van der Waals surface area contributed by atoms with E-state index in [0.717, 1.165) is 35.7 Å². The van der Waals surface area contributed by atoms with Crippen LogP contribution in [0.25, 0.3) is 83.1 Å². The smallest absolute Gasteiger partial charge is 0.416 e. The van der Waals surface area contributed by atoms with Gasteiger partial charge in [0.25, 0.3) is 16.7 Å². The molecule has 15 rings (SSSR count). The van der Waals surface area contributed by atoms with Crippen LogP contribution in [-0.4, -0.2) is 79.7 Å². The average molecular weight is 1500 g/mol. The number of pyridine rings is 3. The van der Waals surface area contributed by atoms with Gasteiger partial charge in [0.05, 0.1) is 77.2 Å². The van der Waals surface area contributed by atoms with Gasteiger partial charge in [0, 0.05) is 59.1 Å². The zero-order valence-corrected chi connectivity index (χ0v) is 59.4. The highest BCUT2D eigenvalue weighted by molar-refractivity contribution is 8.00. The number of benzene rings is 6. The molecular formula is C73H54ClF4N9O15S3. The standard InChI is InChI=1S/C25H18F3N3O5S.C24H18ClN3O5S.C24H18FN3O5S/c1-12-17-20-18(23(33)31(22(17)30(2)29-12)14-7-5-8-15(11-14)35-3)19(32)21(24(34)36-20)37-16-9-4-6-13(10-16)25(26,27)28;1-12-17-20-18(19(29)21(24(31)33-20)34-16-9-4-6-13(25)10-16)23(30)28(22(17)27(2)26-12)14-7-5-8-15(11-14)32-3;1-12-17-20-18(19(29)21(24(31)33-20)34-16-9-7-13(25)8-10-16)23(30)28(22(17)27(2)26-12)14-5-4-6-15(11-14)32-3/h4-11,32H,1-3H3;2*4-11,29H,1-3H3. The van der Waals surface area contributed by atoms with Crippen molar-refractivity contribution in [3.63, 3.8) is 0 Å². The van der Waals surface area contributed by atoms with Crippen molar-refractivity contribution in [1.29, 1.82) is 0 Å². The van der Waals surface area contributed by atoms with E-state index >= 15 is 0 Å². The number of ether oxygens (including phenoxy) is 3. The van der Waals surface area contributed by atoms with Gasteiger partial charge in [0.1, 0.15) is 70.9 Å². The minimum absolute atomic E-state index is 0.0114. The molecule has 0 bridgehead atoms. The second-order valence-electron chi connectivity index (χ2n) is 23.3. The number of hydrogen-bond acceptors (Lipinski definition) is 21. The highest BCUT2D eigenvalue weighted by Crippen LogP contribution is 2.43. The van der Waals surface area contributed by atoms with Crippen molar-refractivity contribution in [1.82, 2.24) is 43.0 Å². The Morgan fingerprint density at radius 2 is 0.752 bits per heavy atom. The number of aromatic nitrogens is 9. The third-order valence-corrected chi connectivity index (χ3v) is 20.1. The fraction of sp³-hybridized carbons (Fsp3) is 0.137. The van der Waals surface area contributed by atoms with Crippen LogP contribution in [0.5, 0.6) is 34.5 Å².